The second kappa shape index (κ2) is 4.32. The highest BCUT2D eigenvalue weighted by molar-refractivity contribution is 5.75. The Morgan fingerprint density at radius 2 is 2.31 bits per heavy atom. The van der Waals surface area contributed by atoms with E-state index in [4.69, 9.17) is 0 Å². The molecule has 2 rings (SSSR count). The highest BCUT2D eigenvalue weighted by Gasteiger charge is 2.16. The maximum Gasteiger partial charge on any atom is 0.308 e. The smallest absolute Gasteiger partial charge is 0.308 e. The van der Waals surface area contributed by atoms with E-state index in [-0.39, 0.29) is 6.42 Å². The van der Waals surface area contributed by atoms with Gasteiger partial charge in [-0.1, -0.05) is 12.1 Å². The monoisotopic (exact) mass is 220 g/mol. The molecule has 0 saturated heterocycles. The largest absolute Gasteiger partial charge is 0.469 e. The third-order valence-corrected chi connectivity index (χ3v) is 2.31. The molecular weight excluding hydrogens is 208 g/mol. The summed E-state index contributed by atoms with van der Waals surface area (Å²) in [5.74, 6) is -0.0837. The van der Waals surface area contributed by atoms with Crippen LogP contribution in [0.4, 0.5) is 0 Å². The number of aromatic nitrogens is 2. The third-order valence-electron chi connectivity index (χ3n) is 2.31. The van der Waals surface area contributed by atoms with E-state index in [2.05, 4.69) is 14.7 Å². The van der Waals surface area contributed by atoms with Crippen LogP contribution in [0.1, 0.15) is 18.3 Å². The van der Waals surface area contributed by atoms with Crippen molar-refractivity contribution in [1.82, 2.24) is 9.97 Å². The van der Waals surface area contributed by atoms with E-state index < -0.39 is 12.1 Å². The molecule has 0 aliphatic rings. The van der Waals surface area contributed by atoms with Gasteiger partial charge in [0.05, 0.1) is 24.6 Å². The summed E-state index contributed by atoms with van der Waals surface area (Å²) in [5, 5.41) is 9.73. The number of carbonyl (C=O) groups is 1. The fourth-order valence-electron chi connectivity index (χ4n) is 1.47. The molecule has 0 aliphatic heterocycles. The summed E-state index contributed by atoms with van der Waals surface area (Å²) >= 11 is 0. The standard InChI is InChI=1S/C11H12N2O3/c1-16-10(15)6-9(14)11-12-7-4-2-3-5-8(7)13-11/h2-5,9,14H,6H2,1H3,(H,12,13)/t9-/m1/s1. The summed E-state index contributed by atoms with van der Waals surface area (Å²) in [6.45, 7) is 0. The first kappa shape index (κ1) is 10.6. The van der Waals surface area contributed by atoms with Gasteiger partial charge < -0.3 is 14.8 Å². The summed E-state index contributed by atoms with van der Waals surface area (Å²) in [5.41, 5.74) is 1.60. The quantitative estimate of drug-likeness (QED) is 0.761. The van der Waals surface area contributed by atoms with Gasteiger partial charge in [-0.3, -0.25) is 4.79 Å². The van der Waals surface area contributed by atoms with E-state index in [9.17, 15) is 9.90 Å². The number of aliphatic hydroxyl groups is 1. The van der Waals surface area contributed by atoms with Crippen molar-refractivity contribution in [3.8, 4) is 0 Å². The zero-order valence-electron chi connectivity index (χ0n) is 8.80. The molecule has 0 fully saturated rings. The minimum Gasteiger partial charge on any atom is -0.469 e. The number of methoxy groups -OCH3 is 1. The fraction of sp³-hybridized carbons (Fsp3) is 0.273. The molecule has 2 N–H and O–H groups in total. The molecule has 5 nitrogen and oxygen atoms in total. The molecule has 16 heavy (non-hydrogen) atoms. The van der Waals surface area contributed by atoms with E-state index in [1.54, 1.807) is 0 Å². The van der Waals surface area contributed by atoms with Gasteiger partial charge in [0.1, 0.15) is 11.9 Å². The number of aliphatic hydroxyl groups excluding tert-OH is 1. The van der Waals surface area contributed by atoms with Crippen molar-refractivity contribution in [3.05, 3.63) is 30.1 Å². The lowest BCUT2D eigenvalue weighted by Gasteiger charge is -2.04. The second-order valence-electron chi connectivity index (χ2n) is 3.44. The molecule has 5 heteroatoms. The van der Waals surface area contributed by atoms with Crippen molar-refractivity contribution < 1.29 is 14.6 Å². The number of fused-ring (bicyclic) bond motifs is 1. The lowest BCUT2D eigenvalue weighted by Crippen LogP contribution is -2.09. The third kappa shape index (κ3) is 2.04. The highest BCUT2D eigenvalue weighted by Crippen LogP contribution is 2.18. The van der Waals surface area contributed by atoms with Gasteiger partial charge in [-0.2, -0.15) is 0 Å². The van der Waals surface area contributed by atoms with E-state index in [1.807, 2.05) is 24.3 Å². The van der Waals surface area contributed by atoms with Crippen LogP contribution in [0, 0.1) is 0 Å². The Labute approximate surface area is 92.1 Å². The van der Waals surface area contributed by atoms with Gasteiger partial charge in [0.25, 0.3) is 0 Å². The van der Waals surface area contributed by atoms with Crippen LogP contribution in [0.2, 0.25) is 0 Å². The molecule has 1 aromatic carbocycles. The van der Waals surface area contributed by atoms with Crippen molar-refractivity contribution in [2.24, 2.45) is 0 Å². The van der Waals surface area contributed by atoms with Crippen LogP contribution in [-0.2, 0) is 9.53 Å². The first-order valence-corrected chi connectivity index (χ1v) is 4.90. The molecule has 1 heterocycles. The van der Waals surface area contributed by atoms with Crippen LogP contribution in [0.25, 0.3) is 11.0 Å². The predicted molar refractivity (Wildman–Crippen MR) is 57.7 cm³/mol. The summed E-state index contributed by atoms with van der Waals surface area (Å²) in [6, 6.07) is 7.42. The predicted octanol–water partition coefficient (Wildman–Crippen LogP) is 1.16. The number of imidazole rings is 1. The molecule has 0 radical (unpaired) electrons. The van der Waals surface area contributed by atoms with Gasteiger partial charge in [0.15, 0.2) is 0 Å². The fourth-order valence-corrected chi connectivity index (χ4v) is 1.47. The minimum atomic E-state index is -0.958. The minimum absolute atomic E-state index is 0.101. The number of hydrogen-bond donors (Lipinski definition) is 2. The first-order chi connectivity index (χ1) is 7.70. The van der Waals surface area contributed by atoms with Gasteiger partial charge in [0, 0.05) is 0 Å². The van der Waals surface area contributed by atoms with Crippen LogP contribution in [0.15, 0.2) is 24.3 Å². The Balaban J connectivity index is 2.23. The molecule has 0 spiro atoms. The number of H-pyrrole nitrogens is 1. The van der Waals surface area contributed by atoms with Crippen LogP contribution < -0.4 is 0 Å². The summed E-state index contributed by atoms with van der Waals surface area (Å²) < 4.78 is 4.48. The van der Waals surface area contributed by atoms with Crippen LogP contribution in [-0.4, -0.2) is 28.2 Å². The topological polar surface area (TPSA) is 75.2 Å². The SMILES string of the molecule is COC(=O)C[C@@H](O)c1nc2ccccc2[nH]1. The average Bonchev–Trinajstić information content (AvgIpc) is 2.72. The van der Waals surface area contributed by atoms with Gasteiger partial charge in [-0.15, -0.1) is 0 Å². The Morgan fingerprint density at radius 1 is 1.56 bits per heavy atom. The maximum absolute atomic E-state index is 11.0. The number of hydrogen-bond acceptors (Lipinski definition) is 4. The highest BCUT2D eigenvalue weighted by atomic mass is 16.5. The Bertz CT molecular complexity index is 474. The normalized spacial score (nSPS) is 12.6. The van der Waals surface area contributed by atoms with Crippen molar-refractivity contribution in [2.45, 2.75) is 12.5 Å². The molecule has 0 unspecified atom stereocenters. The van der Waals surface area contributed by atoms with Crippen molar-refractivity contribution in [2.75, 3.05) is 7.11 Å². The number of carbonyl (C=O) groups excluding carboxylic acids is 1. The molecule has 0 bridgehead atoms. The van der Waals surface area contributed by atoms with Crippen molar-refractivity contribution in [1.29, 1.82) is 0 Å². The summed E-state index contributed by atoms with van der Waals surface area (Å²) in [7, 11) is 1.29. The van der Waals surface area contributed by atoms with Gasteiger partial charge >= 0.3 is 5.97 Å². The number of rotatable bonds is 3. The molecule has 84 valence electrons. The Morgan fingerprint density at radius 3 is 3.00 bits per heavy atom. The van der Waals surface area contributed by atoms with Gasteiger partial charge in [0.2, 0.25) is 0 Å². The molecule has 0 amide bonds. The molecule has 0 aliphatic carbocycles. The van der Waals surface area contributed by atoms with Crippen LogP contribution in [0.5, 0.6) is 0 Å². The first-order valence-electron chi connectivity index (χ1n) is 4.90. The average molecular weight is 220 g/mol. The number of esters is 1. The van der Waals surface area contributed by atoms with E-state index in [0.29, 0.717) is 5.82 Å². The Kier molecular flexibility index (Phi) is 2.87. The number of aromatic amines is 1. The zero-order valence-corrected chi connectivity index (χ0v) is 8.80. The van der Waals surface area contributed by atoms with Crippen LogP contribution >= 0.6 is 0 Å². The number of para-hydroxylation sites is 2. The molecule has 2 aromatic rings. The number of nitrogens with zero attached hydrogens (tertiary/aromatic N) is 1. The summed E-state index contributed by atoms with van der Waals surface area (Å²) in [6.07, 6.45) is -1.06. The number of ether oxygens (including phenoxy) is 1. The molecule has 1 atom stereocenters. The molecule has 1 aromatic heterocycles. The Hall–Kier alpha value is -1.88. The lowest BCUT2D eigenvalue weighted by molar-refractivity contribution is -0.143. The van der Waals surface area contributed by atoms with E-state index in [0.717, 1.165) is 11.0 Å². The van der Waals surface area contributed by atoms with E-state index >= 15 is 0 Å². The van der Waals surface area contributed by atoms with Gasteiger partial charge in [-0.25, -0.2) is 4.98 Å². The number of nitrogens with one attached hydrogen (secondary N) is 1. The summed E-state index contributed by atoms with van der Waals surface area (Å²) in [4.78, 5) is 18.1. The van der Waals surface area contributed by atoms with Crippen molar-refractivity contribution in [3.63, 3.8) is 0 Å². The van der Waals surface area contributed by atoms with E-state index in [1.165, 1.54) is 7.11 Å². The zero-order chi connectivity index (χ0) is 11.5. The number of benzene rings is 1. The molecular formula is C11H12N2O3. The lowest BCUT2D eigenvalue weighted by atomic mass is 10.2. The maximum atomic E-state index is 11.0. The van der Waals surface area contributed by atoms with Crippen molar-refractivity contribution >= 4 is 17.0 Å². The van der Waals surface area contributed by atoms with Gasteiger partial charge in [-0.05, 0) is 12.1 Å². The molecule has 0 saturated carbocycles. The second-order valence-corrected chi connectivity index (χ2v) is 3.44. The van der Waals surface area contributed by atoms with Crippen LogP contribution in [0.3, 0.4) is 0 Å².